The van der Waals surface area contributed by atoms with E-state index in [0.717, 1.165) is 9.35 Å². The van der Waals surface area contributed by atoms with Gasteiger partial charge in [0, 0.05) is 14.9 Å². The fourth-order valence-electron chi connectivity index (χ4n) is 1.57. The third kappa shape index (κ3) is 2.37. The number of aromatic carboxylic acids is 1. The molecule has 18 heavy (non-hydrogen) atoms. The molecular formula is C13H9BrO3S. The van der Waals surface area contributed by atoms with Gasteiger partial charge in [-0.3, -0.25) is 4.79 Å². The first-order valence-electron chi connectivity index (χ1n) is 5.13. The number of carbonyl (C=O) groups is 2. The van der Waals surface area contributed by atoms with Gasteiger partial charge >= 0.3 is 5.97 Å². The van der Waals surface area contributed by atoms with Crippen LogP contribution in [0, 0.1) is 6.92 Å². The van der Waals surface area contributed by atoms with Crippen LogP contribution >= 0.6 is 27.3 Å². The molecule has 0 amide bonds. The zero-order chi connectivity index (χ0) is 13.3. The van der Waals surface area contributed by atoms with E-state index in [9.17, 15) is 9.59 Å². The average Bonchev–Trinajstić information content (AvgIpc) is 2.68. The van der Waals surface area contributed by atoms with Crippen LogP contribution in [0.1, 0.15) is 30.5 Å². The summed E-state index contributed by atoms with van der Waals surface area (Å²) in [4.78, 5) is 24.9. The van der Waals surface area contributed by atoms with Crippen molar-refractivity contribution in [3.63, 3.8) is 0 Å². The third-order valence-corrected chi connectivity index (χ3v) is 4.62. The summed E-state index contributed by atoms with van der Waals surface area (Å²) < 4.78 is 0.864. The lowest BCUT2D eigenvalue weighted by molar-refractivity contribution is 0.0693. The zero-order valence-corrected chi connectivity index (χ0v) is 11.8. The van der Waals surface area contributed by atoms with Gasteiger partial charge in [0.1, 0.15) is 0 Å². The number of hydrogen-bond donors (Lipinski definition) is 1. The second kappa shape index (κ2) is 5.04. The molecule has 0 saturated heterocycles. The van der Waals surface area contributed by atoms with Gasteiger partial charge in [0.25, 0.3) is 0 Å². The Labute approximate surface area is 116 Å². The van der Waals surface area contributed by atoms with Crippen molar-refractivity contribution in [1.29, 1.82) is 0 Å². The van der Waals surface area contributed by atoms with Gasteiger partial charge in [-0.05, 0) is 35.0 Å². The summed E-state index contributed by atoms with van der Waals surface area (Å²) in [5.74, 6) is -1.35. The van der Waals surface area contributed by atoms with Crippen LogP contribution in [0.5, 0.6) is 0 Å². The molecule has 0 atom stereocenters. The van der Waals surface area contributed by atoms with Gasteiger partial charge < -0.3 is 5.11 Å². The minimum Gasteiger partial charge on any atom is -0.478 e. The van der Waals surface area contributed by atoms with Crippen molar-refractivity contribution in [3.8, 4) is 0 Å². The first-order chi connectivity index (χ1) is 8.50. The molecule has 92 valence electrons. The topological polar surface area (TPSA) is 54.4 Å². The number of carbonyl (C=O) groups excluding carboxylic acids is 1. The number of benzene rings is 1. The maximum absolute atomic E-state index is 12.3. The minimum absolute atomic E-state index is 0.0321. The average molecular weight is 325 g/mol. The molecule has 2 aromatic rings. The van der Waals surface area contributed by atoms with Crippen LogP contribution in [-0.4, -0.2) is 16.9 Å². The number of rotatable bonds is 3. The monoisotopic (exact) mass is 324 g/mol. The molecule has 0 fully saturated rings. The van der Waals surface area contributed by atoms with Crippen molar-refractivity contribution in [2.24, 2.45) is 0 Å². The Hall–Kier alpha value is -1.46. The van der Waals surface area contributed by atoms with Crippen molar-refractivity contribution in [2.45, 2.75) is 6.92 Å². The molecule has 0 aliphatic carbocycles. The van der Waals surface area contributed by atoms with Gasteiger partial charge in [0.15, 0.2) is 0 Å². The van der Waals surface area contributed by atoms with Crippen LogP contribution in [0.15, 0.2) is 34.8 Å². The van der Waals surface area contributed by atoms with Gasteiger partial charge in [-0.25, -0.2) is 4.79 Å². The minimum atomic E-state index is -1.09. The summed E-state index contributed by atoms with van der Waals surface area (Å²) in [6, 6.07) is 7.96. The molecule has 1 heterocycles. The zero-order valence-electron chi connectivity index (χ0n) is 9.44. The molecule has 0 spiro atoms. The number of hydrogen-bond acceptors (Lipinski definition) is 3. The van der Waals surface area contributed by atoms with E-state index in [1.165, 1.54) is 23.5 Å². The summed E-state index contributed by atoms with van der Waals surface area (Å²) in [6.07, 6.45) is 0. The number of aryl methyl sites for hydroxylation is 1. The Balaban J connectivity index is 2.49. The van der Waals surface area contributed by atoms with Crippen LogP contribution < -0.4 is 0 Å². The Morgan fingerprint density at radius 3 is 2.33 bits per heavy atom. The van der Waals surface area contributed by atoms with Gasteiger partial charge in [-0.15, -0.1) is 11.3 Å². The van der Waals surface area contributed by atoms with Crippen LogP contribution in [0.3, 0.4) is 0 Å². The predicted octanol–water partition coefficient (Wildman–Crippen LogP) is 3.75. The summed E-state index contributed by atoms with van der Waals surface area (Å²) in [7, 11) is 0. The van der Waals surface area contributed by atoms with Crippen molar-refractivity contribution < 1.29 is 14.7 Å². The van der Waals surface area contributed by atoms with E-state index >= 15 is 0 Å². The van der Waals surface area contributed by atoms with Crippen LogP contribution in [0.4, 0.5) is 0 Å². The molecule has 2 rings (SSSR count). The van der Waals surface area contributed by atoms with Gasteiger partial charge in [0.2, 0.25) is 5.78 Å². The van der Waals surface area contributed by atoms with E-state index in [4.69, 9.17) is 5.11 Å². The molecule has 0 aliphatic rings. The maximum Gasteiger partial charge on any atom is 0.336 e. The molecule has 0 saturated carbocycles. The number of thiophene rings is 1. The number of carboxylic acid groups (broad SMARTS) is 1. The lowest BCUT2D eigenvalue weighted by atomic mass is 10.0. The Kier molecular flexibility index (Phi) is 3.63. The molecule has 1 N–H and O–H groups in total. The molecule has 1 aromatic heterocycles. The SMILES string of the molecule is Cc1sc(C(=O)c2ccccc2C(=O)O)cc1Br. The molecule has 0 unspecified atom stereocenters. The lowest BCUT2D eigenvalue weighted by Crippen LogP contribution is -2.08. The largest absolute Gasteiger partial charge is 0.478 e. The third-order valence-electron chi connectivity index (χ3n) is 2.48. The highest BCUT2D eigenvalue weighted by molar-refractivity contribution is 9.10. The predicted molar refractivity (Wildman–Crippen MR) is 73.6 cm³/mol. The van der Waals surface area contributed by atoms with Crippen LogP contribution in [0.2, 0.25) is 0 Å². The molecule has 1 aromatic carbocycles. The molecule has 5 heteroatoms. The molecule has 0 radical (unpaired) electrons. The second-order valence-electron chi connectivity index (χ2n) is 3.69. The molecule has 0 aliphatic heterocycles. The van der Waals surface area contributed by atoms with Gasteiger partial charge in [-0.2, -0.15) is 0 Å². The Morgan fingerprint density at radius 2 is 1.83 bits per heavy atom. The highest BCUT2D eigenvalue weighted by Gasteiger charge is 2.19. The molecule has 0 bridgehead atoms. The fraction of sp³-hybridized carbons (Fsp3) is 0.0769. The number of halogens is 1. The second-order valence-corrected chi connectivity index (χ2v) is 5.81. The summed E-state index contributed by atoms with van der Waals surface area (Å²) >= 11 is 4.69. The van der Waals surface area contributed by atoms with E-state index in [-0.39, 0.29) is 16.9 Å². The van der Waals surface area contributed by atoms with E-state index in [0.29, 0.717) is 4.88 Å². The quantitative estimate of drug-likeness (QED) is 0.875. The van der Waals surface area contributed by atoms with Crippen molar-refractivity contribution in [3.05, 3.63) is 55.7 Å². The Bertz CT molecular complexity index is 611. The lowest BCUT2D eigenvalue weighted by Gasteiger charge is -2.02. The highest BCUT2D eigenvalue weighted by atomic mass is 79.9. The number of ketones is 1. The molecule has 3 nitrogen and oxygen atoms in total. The Morgan fingerprint density at radius 1 is 1.22 bits per heavy atom. The highest BCUT2D eigenvalue weighted by Crippen LogP contribution is 2.28. The van der Waals surface area contributed by atoms with E-state index in [1.54, 1.807) is 18.2 Å². The first-order valence-corrected chi connectivity index (χ1v) is 6.74. The van der Waals surface area contributed by atoms with E-state index in [2.05, 4.69) is 15.9 Å². The maximum atomic E-state index is 12.3. The number of carboxylic acids is 1. The van der Waals surface area contributed by atoms with Crippen molar-refractivity contribution in [2.75, 3.05) is 0 Å². The smallest absolute Gasteiger partial charge is 0.336 e. The summed E-state index contributed by atoms with van der Waals surface area (Å²) in [5, 5.41) is 9.06. The van der Waals surface area contributed by atoms with E-state index in [1.807, 2.05) is 6.92 Å². The molecular weight excluding hydrogens is 316 g/mol. The van der Waals surface area contributed by atoms with Crippen molar-refractivity contribution in [1.82, 2.24) is 0 Å². The van der Waals surface area contributed by atoms with Crippen LogP contribution in [0.25, 0.3) is 0 Å². The summed E-state index contributed by atoms with van der Waals surface area (Å²) in [6.45, 7) is 1.90. The van der Waals surface area contributed by atoms with Gasteiger partial charge in [-0.1, -0.05) is 18.2 Å². The normalized spacial score (nSPS) is 10.3. The van der Waals surface area contributed by atoms with Crippen molar-refractivity contribution >= 4 is 39.0 Å². The van der Waals surface area contributed by atoms with E-state index < -0.39 is 5.97 Å². The standard InChI is InChI=1S/C13H9BrO3S/c1-7-10(14)6-11(18-7)12(15)8-4-2-3-5-9(8)13(16)17/h2-6H,1H3,(H,16,17). The van der Waals surface area contributed by atoms with Gasteiger partial charge in [0.05, 0.1) is 10.4 Å². The fourth-order valence-corrected chi connectivity index (χ4v) is 3.06. The van der Waals surface area contributed by atoms with Crippen LogP contribution in [-0.2, 0) is 0 Å². The summed E-state index contributed by atoms with van der Waals surface area (Å²) in [5.41, 5.74) is 0.253. The first kappa shape index (κ1) is 13.0.